The Morgan fingerprint density at radius 3 is 1.60 bits per heavy atom. The van der Waals surface area contributed by atoms with Crippen LogP contribution in [0.25, 0.3) is 0 Å². The molecule has 0 saturated carbocycles. The van der Waals surface area contributed by atoms with Crippen molar-refractivity contribution in [2.45, 2.75) is 43.4 Å². The molecule has 0 fully saturated rings. The molecule has 0 aliphatic heterocycles. The molecule has 0 rings (SSSR count). The van der Waals surface area contributed by atoms with Crippen LogP contribution >= 0.6 is 0 Å². The summed E-state index contributed by atoms with van der Waals surface area (Å²) in [6, 6.07) is 1.43. The summed E-state index contributed by atoms with van der Waals surface area (Å²) in [5.74, 6) is 0. The Morgan fingerprint density at radius 1 is 1.10 bits per heavy atom. The molecule has 0 amide bonds. The summed E-state index contributed by atoms with van der Waals surface area (Å²) in [6.45, 7) is 10.4. The third-order valence-electron chi connectivity index (χ3n) is 1.81. The molecule has 10 heavy (non-hydrogen) atoms. The molecule has 0 N–H and O–H groups in total. The fourth-order valence-electron chi connectivity index (χ4n) is 1.37. The van der Waals surface area contributed by atoms with Crippen molar-refractivity contribution in [1.29, 1.82) is 0 Å². The average Bonchev–Trinajstić information content (AvgIpc) is 1.81. The zero-order valence-electron chi connectivity index (χ0n) is 8.02. The Hall–Kier alpha value is 0.960. The van der Waals surface area contributed by atoms with Crippen LogP contribution in [0.3, 0.4) is 0 Å². The molecule has 0 saturated heterocycles. The van der Waals surface area contributed by atoms with Crippen LogP contribution in [-0.4, -0.2) is 51.5 Å². The average molecular weight is 151 g/mol. The first-order valence-corrected chi connectivity index (χ1v) is 5.76. The molecule has 1 nitrogen and oxygen atoms in total. The summed E-state index contributed by atoms with van der Waals surface area (Å²) in [5.41, 5.74) is 0. The Balaban J connectivity index is 3.73. The molecule has 0 aromatic carbocycles. The van der Waals surface area contributed by atoms with Crippen LogP contribution in [0.2, 0.25) is 3.67 Å². The summed E-state index contributed by atoms with van der Waals surface area (Å²) in [7, 11) is 0. The minimum absolute atomic E-state index is 0.717. The SMILES string of the molecule is CC(C)N(C[CH2][Na])C(C)C. The van der Waals surface area contributed by atoms with E-state index in [1.54, 1.807) is 0 Å². The van der Waals surface area contributed by atoms with E-state index in [-0.39, 0.29) is 0 Å². The zero-order chi connectivity index (χ0) is 8.15. The Labute approximate surface area is 82.6 Å². The summed E-state index contributed by atoms with van der Waals surface area (Å²) >= 11 is 1.34. The van der Waals surface area contributed by atoms with Gasteiger partial charge in [0, 0.05) is 0 Å². The second kappa shape index (κ2) is 5.59. The molecule has 0 aromatic rings. The van der Waals surface area contributed by atoms with Gasteiger partial charge >= 0.3 is 82.8 Å². The molecule has 0 atom stereocenters. The third-order valence-corrected chi connectivity index (χ3v) is 2.26. The van der Waals surface area contributed by atoms with Gasteiger partial charge in [-0.15, -0.1) is 0 Å². The minimum atomic E-state index is 0.717. The van der Waals surface area contributed by atoms with Crippen molar-refractivity contribution in [3.05, 3.63) is 0 Å². The van der Waals surface area contributed by atoms with Gasteiger partial charge in [0.1, 0.15) is 0 Å². The van der Waals surface area contributed by atoms with Crippen molar-refractivity contribution >= 4 is 27.9 Å². The maximum atomic E-state index is 2.55. The first kappa shape index (κ1) is 11.0. The van der Waals surface area contributed by atoms with Crippen molar-refractivity contribution in [3.63, 3.8) is 0 Å². The molecule has 0 bridgehead atoms. The van der Waals surface area contributed by atoms with E-state index in [1.807, 2.05) is 0 Å². The van der Waals surface area contributed by atoms with Crippen molar-refractivity contribution in [1.82, 2.24) is 4.90 Å². The van der Waals surface area contributed by atoms with E-state index in [1.165, 1.54) is 38.1 Å². The Bertz CT molecular complexity index is 73.3. The summed E-state index contributed by atoms with van der Waals surface area (Å²) in [4.78, 5) is 2.55. The fraction of sp³-hybridized carbons (Fsp3) is 1.00. The van der Waals surface area contributed by atoms with E-state index in [9.17, 15) is 0 Å². The van der Waals surface area contributed by atoms with Gasteiger partial charge in [-0.05, 0) is 0 Å². The van der Waals surface area contributed by atoms with E-state index >= 15 is 0 Å². The van der Waals surface area contributed by atoms with Crippen LogP contribution in [0.15, 0.2) is 0 Å². The van der Waals surface area contributed by atoms with E-state index < -0.39 is 0 Å². The molecule has 0 radical (unpaired) electrons. The van der Waals surface area contributed by atoms with Gasteiger partial charge in [0.05, 0.1) is 0 Å². The Morgan fingerprint density at radius 2 is 1.50 bits per heavy atom. The van der Waals surface area contributed by atoms with Gasteiger partial charge in [-0.1, -0.05) is 0 Å². The molecule has 0 aromatic heterocycles. The van der Waals surface area contributed by atoms with Gasteiger partial charge in [0.2, 0.25) is 0 Å². The second-order valence-electron chi connectivity index (χ2n) is 3.43. The normalized spacial score (nSPS) is 12.1. The summed E-state index contributed by atoms with van der Waals surface area (Å²) < 4.78 is 1.40. The van der Waals surface area contributed by atoms with Crippen LogP contribution in [-0.2, 0) is 0 Å². The fourth-order valence-corrected chi connectivity index (χ4v) is 1.89. The first-order chi connectivity index (χ1) is 4.59. The van der Waals surface area contributed by atoms with Crippen molar-refractivity contribution in [3.8, 4) is 0 Å². The molecule has 2 heteroatoms. The van der Waals surface area contributed by atoms with Gasteiger partial charge in [0.25, 0.3) is 0 Å². The molecular weight excluding hydrogens is 133 g/mol. The summed E-state index contributed by atoms with van der Waals surface area (Å²) in [5, 5.41) is 0. The van der Waals surface area contributed by atoms with Crippen LogP contribution in [0.5, 0.6) is 0 Å². The van der Waals surface area contributed by atoms with Crippen LogP contribution in [0.4, 0.5) is 0 Å². The number of rotatable bonds is 4. The van der Waals surface area contributed by atoms with Crippen LogP contribution in [0, 0.1) is 0 Å². The topological polar surface area (TPSA) is 3.24 Å². The summed E-state index contributed by atoms with van der Waals surface area (Å²) in [6.07, 6.45) is 0. The van der Waals surface area contributed by atoms with Crippen molar-refractivity contribution in [2.75, 3.05) is 6.54 Å². The monoisotopic (exact) mass is 151 g/mol. The molecular formula is C8H18NNa. The quantitative estimate of drug-likeness (QED) is 0.553. The van der Waals surface area contributed by atoms with E-state index in [4.69, 9.17) is 0 Å². The van der Waals surface area contributed by atoms with Crippen LogP contribution in [0.1, 0.15) is 27.7 Å². The van der Waals surface area contributed by atoms with Crippen molar-refractivity contribution in [2.24, 2.45) is 0 Å². The molecule has 56 valence electrons. The molecule has 0 aliphatic rings. The zero-order valence-corrected chi connectivity index (χ0v) is 10.0. The van der Waals surface area contributed by atoms with Crippen LogP contribution < -0.4 is 0 Å². The van der Waals surface area contributed by atoms with E-state index in [0.717, 1.165) is 0 Å². The molecule has 0 unspecified atom stereocenters. The predicted octanol–water partition coefficient (Wildman–Crippen LogP) is 1.69. The first-order valence-electron chi connectivity index (χ1n) is 4.35. The van der Waals surface area contributed by atoms with E-state index in [2.05, 4.69) is 32.6 Å². The standard InChI is InChI=1S/C8H18N.Na/c1-6-9(7(2)3)8(4)5;/h7-8H,1,6H2,2-5H3;. The number of nitrogens with zero attached hydrogens (tertiary/aromatic N) is 1. The van der Waals surface area contributed by atoms with Gasteiger partial charge in [0.15, 0.2) is 0 Å². The number of hydrogen-bond donors (Lipinski definition) is 0. The second-order valence-corrected chi connectivity index (χ2v) is 4.43. The Kier molecular flexibility index (Phi) is 6.13. The molecule has 0 spiro atoms. The van der Waals surface area contributed by atoms with Gasteiger partial charge in [-0.25, -0.2) is 0 Å². The predicted molar refractivity (Wildman–Crippen MR) is 47.5 cm³/mol. The van der Waals surface area contributed by atoms with Gasteiger partial charge in [-0.3, -0.25) is 0 Å². The third kappa shape index (κ3) is 3.97. The van der Waals surface area contributed by atoms with Gasteiger partial charge in [-0.2, -0.15) is 0 Å². The van der Waals surface area contributed by atoms with Crippen molar-refractivity contribution < 1.29 is 0 Å². The molecule has 0 aliphatic carbocycles. The molecule has 0 heterocycles. The van der Waals surface area contributed by atoms with Gasteiger partial charge < -0.3 is 0 Å². The maximum absolute atomic E-state index is 2.55. The number of hydrogen-bond acceptors (Lipinski definition) is 1. The van der Waals surface area contributed by atoms with E-state index in [0.29, 0.717) is 12.1 Å².